The van der Waals surface area contributed by atoms with E-state index in [2.05, 4.69) is 0 Å². The fourth-order valence-electron chi connectivity index (χ4n) is 0.114. The van der Waals surface area contributed by atoms with E-state index in [1.54, 1.807) is 0 Å². The molecule has 0 fully saturated rings. The minimum Gasteiger partial charge on any atom is -0.481 e. The van der Waals surface area contributed by atoms with Crippen molar-refractivity contribution in [3.05, 3.63) is 4.84 Å². The van der Waals surface area contributed by atoms with Crippen molar-refractivity contribution in [2.45, 2.75) is 6.42 Å². The summed E-state index contributed by atoms with van der Waals surface area (Å²) in [5, 5.41) is 7.89. The van der Waals surface area contributed by atoms with E-state index >= 15 is 0 Å². The molecular weight excluding hydrogens is 139 g/mol. The molecule has 0 aliphatic carbocycles. The lowest BCUT2D eigenvalue weighted by molar-refractivity contribution is -0.136. The van der Waals surface area contributed by atoms with Crippen molar-refractivity contribution in [3.8, 4) is 0 Å². The zero-order valence-electron chi connectivity index (χ0n) is 3.32. The van der Waals surface area contributed by atoms with E-state index in [1.165, 1.54) is 0 Å². The Labute approximate surface area is 51.0 Å². The Bertz CT molecular complexity index is 71.3. The average Bonchev–Trinajstić information content (AvgIpc) is 1.27. The van der Waals surface area contributed by atoms with Gasteiger partial charge in [0.25, 0.3) is 0 Å². The Morgan fingerprint density at radius 3 is 2.00 bits per heavy atom. The van der Waals surface area contributed by atoms with Crippen LogP contribution in [0.2, 0.25) is 0 Å². The number of halogens is 2. The van der Waals surface area contributed by atoms with Gasteiger partial charge in [-0.25, -0.2) is 0 Å². The highest BCUT2D eigenvalue weighted by atomic mass is 35.5. The van der Waals surface area contributed by atoms with Gasteiger partial charge in [-0.3, -0.25) is 4.79 Å². The second-order valence-electron chi connectivity index (χ2n) is 0.909. The van der Waals surface area contributed by atoms with Gasteiger partial charge in [0.15, 0.2) is 4.84 Å². The molecule has 0 rings (SSSR count). The van der Waals surface area contributed by atoms with Crippen LogP contribution < -0.4 is 0 Å². The molecule has 0 saturated carbocycles. The molecule has 0 spiro atoms. The molecule has 1 radical (unpaired) electrons. The fourth-order valence-corrected chi connectivity index (χ4v) is 0.343. The van der Waals surface area contributed by atoms with Crippen LogP contribution in [0, 0.1) is 4.84 Å². The normalized spacial score (nSPS) is 9.57. The maximum atomic E-state index is 9.62. The Morgan fingerprint density at radius 1 is 1.57 bits per heavy atom. The number of aliphatic carboxylic acids is 1. The summed E-state index contributed by atoms with van der Waals surface area (Å²) in [6.07, 6.45) is -0.275. The third-order valence-corrected chi connectivity index (χ3v) is 0.552. The number of hydrogen-bond acceptors (Lipinski definition) is 1. The minimum atomic E-state index is -1.01. The summed E-state index contributed by atoms with van der Waals surface area (Å²) in [6, 6.07) is 0. The van der Waals surface area contributed by atoms with E-state index < -0.39 is 5.97 Å². The minimum absolute atomic E-state index is 0.118. The van der Waals surface area contributed by atoms with Gasteiger partial charge in [-0.15, -0.1) is 0 Å². The molecule has 4 heteroatoms. The van der Waals surface area contributed by atoms with Crippen molar-refractivity contribution in [2.24, 2.45) is 0 Å². The van der Waals surface area contributed by atoms with E-state index in [9.17, 15) is 4.79 Å². The first-order valence-electron chi connectivity index (χ1n) is 1.51. The lowest BCUT2D eigenvalue weighted by atomic mass is 10.5. The molecule has 0 aromatic carbocycles. The average molecular weight is 142 g/mol. The fraction of sp³-hybridized carbons (Fsp3) is 0.333. The molecule has 2 nitrogen and oxygen atoms in total. The molecule has 0 amide bonds. The van der Waals surface area contributed by atoms with E-state index in [0.717, 1.165) is 0 Å². The van der Waals surface area contributed by atoms with Crippen LogP contribution in [0.5, 0.6) is 0 Å². The molecule has 0 atom stereocenters. The zero-order chi connectivity index (χ0) is 5.86. The lowest BCUT2D eigenvalue weighted by Crippen LogP contribution is -1.94. The molecule has 0 aromatic rings. The van der Waals surface area contributed by atoms with Gasteiger partial charge in [-0.1, -0.05) is 23.2 Å². The van der Waals surface area contributed by atoms with Crippen molar-refractivity contribution in [1.29, 1.82) is 0 Å². The summed E-state index contributed by atoms with van der Waals surface area (Å²) in [6.45, 7) is 0. The maximum Gasteiger partial charge on any atom is 0.306 e. The zero-order valence-corrected chi connectivity index (χ0v) is 4.83. The molecule has 41 valence electrons. The van der Waals surface area contributed by atoms with Crippen LogP contribution in [0.1, 0.15) is 6.42 Å². The van der Waals surface area contributed by atoms with Crippen molar-refractivity contribution < 1.29 is 9.90 Å². The van der Waals surface area contributed by atoms with Crippen molar-refractivity contribution >= 4 is 29.2 Å². The molecule has 0 heterocycles. The third-order valence-electron chi connectivity index (χ3n) is 0.285. The SMILES string of the molecule is O=C(O)C[C](Cl)Cl. The van der Waals surface area contributed by atoms with Crippen LogP contribution >= 0.6 is 23.2 Å². The predicted molar refractivity (Wildman–Crippen MR) is 27.2 cm³/mol. The van der Waals surface area contributed by atoms with Gasteiger partial charge in [-0.2, -0.15) is 0 Å². The number of carboxylic acid groups (broad SMARTS) is 1. The van der Waals surface area contributed by atoms with Gasteiger partial charge in [0.05, 0.1) is 6.42 Å². The summed E-state index contributed by atoms with van der Waals surface area (Å²) in [4.78, 5) is 9.50. The first-order chi connectivity index (χ1) is 3.13. The highest BCUT2D eigenvalue weighted by molar-refractivity contribution is 6.53. The Hall–Kier alpha value is 0.0500. The van der Waals surface area contributed by atoms with Gasteiger partial charge in [0.1, 0.15) is 0 Å². The summed E-state index contributed by atoms with van der Waals surface area (Å²) in [5.74, 6) is -1.01. The van der Waals surface area contributed by atoms with Crippen LogP contribution in [0.4, 0.5) is 0 Å². The largest absolute Gasteiger partial charge is 0.481 e. The van der Waals surface area contributed by atoms with Gasteiger partial charge >= 0.3 is 5.97 Å². The molecule has 0 saturated heterocycles. The molecular formula is C3H3Cl2O2. The third kappa shape index (κ3) is 6.05. The second kappa shape index (κ2) is 3.10. The summed E-state index contributed by atoms with van der Waals surface area (Å²) in [7, 11) is 0. The van der Waals surface area contributed by atoms with E-state index in [1.807, 2.05) is 0 Å². The smallest absolute Gasteiger partial charge is 0.306 e. The second-order valence-corrected chi connectivity index (χ2v) is 2.02. The first kappa shape index (κ1) is 7.05. The lowest BCUT2D eigenvalue weighted by Gasteiger charge is -1.88. The quantitative estimate of drug-likeness (QED) is 0.632. The predicted octanol–water partition coefficient (Wildman–Crippen LogP) is 1.43. The monoisotopic (exact) mass is 141 g/mol. The summed E-state index contributed by atoms with van der Waals surface area (Å²) in [5.41, 5.74) is 0. The Balaban J connectivity index is 3.13. The number of hydrogen-bond donors (Lipinski definition) is 1. The Kier molecular flexibility index (Phi) is 3.13. The van der Waals surface area contributed by atoms with E-state index in [0.29, 0.717) is 0 Å². The number of carbonyl (C=O) groups is 1. The summed E-state index contributed by atoms with van der Waals surface area (Å²) < 4.78 is 0. The maximum absolute atomic E-state index is 9.62. The molecule has 0 aliphatic rings. The van der Waals surface area contributed by atoms with E-state index in [-0.39, 0.29) is 11.3 Å². The van der Waals surface area contributed by atoms with Crippen LogP contribution in [-0.2, 0) is 4.79 Å². The molecule has 0 unspecified atom stereocenters. The van der Waals surface area contributed by atoms with E-state index in [4.69, 9.17) is 28.3 Å². The molecule has 1 N–H and O–H groups in total. The van der Waals surface area contributed by atoms with Crippen LogP contribution in [-0.4, -0.2) is 11.1 Å². The number of carboxylic acids is 1. The van der Waals surface area contributed by atoms with Gasteiger partial charge in [-0.05, 0) is 0 Å². The van der Waals surface area contributed by atoms with Crippen LogP contribution in [0.25, 0.3) is 0 Å². The van der Waals surface area contributed by atoms with Gasteiger partial charge < -0.3 is 5.11 Å². The Morgan fingerprint density at radius 2 is 2.00 bits per heavy atom. The van der Waals surface area contributed by atoms with Gasteiger partial charge in [0, 0.05) is 0 Å². The molecule has 0 bridgehead atoms. The van der Waals surface area contributed by atoms with Crippen molar-refractivity contribution in [3.63, 3.8) is 0 Å². The van der Waals surface area contributed by atoms with Crippen molar-refractivity contribution in [1.82, 2.24) is 0 Å². The topological polar surface area (TPSA) is 37.3 Å². The summed E-state index contributed by atoms with van der Waals surface area (Å²) >= 11 is 9.95. The van der Waals surface area contributed by atoms with Crippen molar-refractivity contribution in [2.75, 3.05) is 0 Å². The highest BCUT2D eigenvalue weighted by Crippen LogP contribution is 2.15. The standard InChI is InChI=1S/C3H3Cl2O2/c4-2(5)1-3(6)7/h1H2,(H,6,7). The highest BCUT2D eigenvalue weighted by Gasteiger charge is 2.04. The molecule has 7 heavy (non-hydrogen) atoms. The van der Waals surface area contributed by atoms with Gasteiger partial charge in [0.2, 0.25) is 0 Å². The first-order valence-corrected chi connectivity index (χ1v) is 2.27. The molecule has 0 aliphatic heterocycles. The number of rotatable bonds is 2. The van der Waals surface area contributed by atoms with Crippen LogP contribution in [0.3, 0.4) is 0 Å². The molecule has 0 aromatic heterocycles. The van der Waals surface area contributed by atoms with Crippen LogP contribution in [0.15, 0.2) is 0 Å².